The van der Waals surface area contributed by atoms with Crippen LogP contribution < -0.4 is 14.2 Å². The molecule has 8 nitrogen and oxygen atoms in total. The number of fused-ring (bicyclic) bond motifs is 2. The van der Waals surface area contributed by atoms with Gasteiger partial charge in [-0.3, -0.25) is 9.52 Å². The lowest BCUT2D eigenvalue weighted by atomic mass is 9.95. The highest BCUT2D eigenvalue weighted by Crippen LogP contribution is 2.51. The van der Waals surface area contributed by atoms with Gasteiger partial charge in [0.05, 0.1) is 16.1 Å². The molecular weight excluding hydrogens is 418 g/mol. The number of amides is 1. The van der Waals surface area contributed by atoms with Gasteiger partial charge in [-0.2, -0.15) is 0 Å². The van der Waals surface area contributed by atoms with Gasteiger partial charge in [-0.15, -0.1) is 0 Å². The Hall–Kier alpha value is -2.59. The number of rotatable bonds is 4. The Bertz CT molecular complexity index is 1250. The Morgan fingerprint density at radius 3 is 2.55 bits per heavy atom. The highest BCUT2D eigenvalue weighted by molar-refractivity contribution is 7.95. The first-order valence-electron chi connectivity index (χ1n) is 9.01. The number of hydrogen-bond acceptors (Lipinski definition) is 7. The molecule has 1 unspecified atom stereocenters. The number of ether oxygens (including phenoxy) is 2. The Kier molecular flexibility index (Phi) is 3.79. The van der Waals surface area contributed by atoms with Gasteiger partial charge in [0, 0.05) is 0 Å². The quantitative estimate of drug-likeness (QED) is 0.772. The van der Waals surface area contributed by atoms with Gasteiger partial charge in [0.2, 0.25) is 22.7 Å². The van der Waals surface area contributed by atoms with Crippen molar-refractivity contribution in [2.45, 2.75) is 28.4 Å². The summed E-state index contributed by atoms with van der Waals surface area (Å²) < 4.78 is 63.3. The SMILES string of the molecule is O=C(NS(=O)(=O)C1CS(=O)(=O)c2ccccc21)C1(c2ccc3c(c2)OCO3)CC1. The molecule has 10 heteroatoms. The largest absolute Gasteiger partial charge is 0.454 e. The van der Waals surface area contributed by atoms with Gasteiger partial charge in [-0.25, -0.2) is 16.8 Å². The molecule has 5 rings (SSSR count). The second-order valence-corrected chi connectivity index (χ2v) is 11.3. The van der Waals surface area contributed by atoms with Crippen molar-refractivity contribution >= 4 is 25.8 Å². The van der Waals surface area contributed by atoms with Crippen LogP contribution in [0.25, 0.3) is 0 Å². The topological polar surface area (TPSA) is 116 Å². The molecule has 0 spiro atoms. The molecule has 29 heavy (non-hydrogen) atoms. The van der Waals surface area contributed by atoms with Crippen LogP contribution in [0.4, 0.5) is 0 Å². The summed E-state index contributed by atoms with van der Waals surface area (Å²) in [6.45, 7) is 0.0991. The lowest BCUT2D eigenvalue weighted by Crippen LogP contribution is -2.41. The van der Waals surface area contributed by atoms with Gasteiger partial charge in [-0.1, -0.05) is 24.3 Å². The maximum absolute atomic E-state index is 13.0. The molecule has 1 saturated carbocycles. The van der Waals surface area contributed by atoms with Gasteiger partial charge < -0.3 is 9.47 Å². The molecule has 2 aromatic carbocycles. The molecule has 0 aromatic heterocycles. The van der Waals surface area contributed by atoms with Gasteiger partial charge in [0.1, 0.15) is 5.25 Å². The molecule has 2 aliphatic heterocycles. The molecule has 2 aromatic rings. The smallest absolute Gasteiger partial charge is 0.244 e. The zero-order valence-corrected chi connectivity index (χ0v) is 16.8. The third kappa shape index (κ3) is 2.81. The zero-order valence-electron chi connectivity index (χ0n) is 15.1. The third-order valence-electron chi connectivity index (χ3n) is 5.69. The molecule has 3 aliphatic rings. The molecule has 2 heterocycles. The van der Waals surface area contributed by atoms with E-state index < -0.39 is 42.2 Å². The van der Waals surface area contributed by atoms with Gasteiger partial charge >= 0.3 is 0 Å². The van der Waals surface area contributed by atoms with Gasteiger partial charge in [0.25, 0.3) is 0 Å². The summed E-state index contributed by atoms with van der Waals surface area (Å²) in [5, 5.41) is -1.32. The molecule has 1 fully saturated rings. The van der Waals surface area contributed by atoms with Crippen molar-refractivity contribution in [3.05, 3.63) is 53.6 Å². The van der Waals surface area contributed by atoms with E-state index in [-0.39, 0.29) is 17.3 Å². The van der Waals surface area contributed by atoms with Crippen molar-refractivity contribution < 1.29 is 31.1 Å². The Morgan fingerprint density at radius 1 is 1.07 bits per heavy atom. The lowest BCUT2D eigenvalue weighted by molar-refractivity contribution is -0.121. The maximum Gasteiger partial charge on any atom is 0.244 e. The maximum atomic E-state index is 13.0. The Labute approximate surface area is 167 Å². The molecule has 0 saturated heterocycles. The van der Waals surface area contributed by atoms with E-state index in [0.717, 1.165) is 0 Å². The average Bonchev–Trinajstić information content (AvgIpc) is 3.28. The highest BCUT2D eigenvalue weighted by Gasteiger charge is 2.54. The Balaban J connectivity index is 1.44. The fourth-order valence-corrected chi connectivity index (χ4v) is 8.01. The highest BCUT2D eigenvalue weighted by atomic mass is 32.2. The van der Waals surface area contributed by atoms with Crippen LogP contribution in [0.2, 0.25) is 0 Å². The van der Waals surface area contributed by atoms with Gasteiger partial charge in [0.15, 0.2) is 21.3 Å². The van der Waals surface area contributed by atoms with E-state index in [2.05, 4.69) is 4.72 Å². The molecule has 0 bridgehead atoms. The number of carbonyl (C=O) groups excluding carboxylic acids is 1. The first-order chi connectivity index (χ1) is 13.7. The summed E-state index contributed by atoms with van der Waals surface area (Å²) >= 11 is 0. The monoisotopic (exact) mass is 435 g/mol. The van der Waals surface area contributed by atoms with Crippen molar-refractivity contribution in [1.82, 2.24) is 4.72 Å². The van der Waals surface area contributed by atoms with Crippen molar-refractivity contribution in [2.24, 2.45) is 0 Å². The summed E-state index contributed by atoms with van der Waals surface area (Å²) in [6, 6.07) is 11.1. The normalized spacial score (nSPS) is 22.7. The third-order valence-corrected chi connectivity index (χ3v) is 9.36. The molecule has 1 amide bonds. The molecule has 1 atom stereocenters. The molecule has 1 N–H and O–H groups in total. The Morgan fingerprint density at radius 2 is 1.79 bits per heavy atom. The van der Waals surface area contributed by atoms with E-state index in [1.54, 1.807) is 30.3 Å². The summed E-state index contributed by atoms with van der Waals surface area (Å²) in [6.07, 6.45) is 0.987. The molecule has 0 radical (unpaired) electrons. The van der Waals surface area contributed by atoms with E-state index in [9.17, 15) is 21.6 Å². The minimum atomic E-state index is -4.24. The first kappa shape index (κ1) is 18.4. The molecule has 1 aliphatic carbocycles. The number of nitrogens with one attached hydrogen (secondary N) is 1. The van der Waals surface area contributed by atoms with Crippen LogP contribution in [0.5, 0.6) is 11.5 Å². The van der Waals surface area contributed by atoms with Crippen LogP contribution in [-0.2, 0) is 30.1 Å². The van der Waals surface area contributed by atoms with Crippen molar-refractivity contribution in [1.29, 1.82) is 0 Å². The summed E-state index contributed by atoms with van der Waals surface area (Å²) in [5.74, 6) is -0.143. The number of benzene rings is 2. The standard InChI is InChI=1S/C19H17NO7S2/c21-18(19(7-8-19)12-5-6-14-15(9-12)27-11-26-14)20-29(24,25)17-10-28(22,23)16-4-2-1-3-13(16)17/h1-6,9,17H,7-8,10-11H2,(H,20,21). The van der Waals surface area contributed by atoms with Gasteiger partial charge in [-0.05, 0) is 42.2 Å². The zero-order chi connectivity index (χ0) is 20.4. The van der Waals surface area contributed by atoms with Crippen LogP contribution in [0.15, 0.2) is 47.4 Å². The average molecular weight is 435 g/mol. The minimum Gasteiger partial charge on any atom is -0.454 e. The summed E-state index contributed by atoms with van der Waals surface area (Å²) in [7, 11) is -7.95. The molecule has 152 valence electrons. The van der Waals surface area contributed by atoms with E-state index in [1.165, 1.54) is 12.1 Å². The lowest BCUT2D eigenvalue weighted by Gasteiger charge is -2.19. The number of sulfonamides is 1. The van der Waals surface area contributed by atoms with Crippen LogP contribution in [0, 0.1) is 0 Å². The number of hydrogen-bond donors (Lipinski definition) is 1. The minimum absolute atomic E-state index is 0.000250. The molecular formula is C19H17NO7S2. The fraction of sp³-hybridized carbons (Fsp3) is 0.316. The van der Waals surface area contributed by atoms with Crippen LogP contribution >= 0.6 is 0 Å². The predicted octanol–water partition coefficient (Wildman–Crippen LogP) is 1.42. The summed E-state index contributed by atoms with van der Waals surface area (Å²) in [4.78, 5) is 13.0. The van der Waals surface area contributed by atoms with E-state index in [1.807, 2.05) is 0 Å². The second kappa shape index (κ2) is 5.96. The van der Waals surface area contributed by atoms with E-state index in [0.29, 0.717) is 29.9 Å². The second-order valence-electron chi connectivity index (χ2n) is 7.43. The first-order valence-corrected chi connectivity index (χ1v) is 12.2. The summed E-state index contributed by atoms with van der Waals surface area (Å²) in [5.41, 5.74) is -0.125. The van der Waals surface area contributed by atoms with Crippen LogP contribution in [0.3, 0.4) is 0 Å². The number of carbonyl (C=O) groups is 1. The fourth-order valence-electron chi connectivity index (χ4n) is 3.93. The van der Waals surface area contributed by atoms with Crippen molar-refractivity contribution in [2.75, 3.05) is 12.5 Å². The van der Waals surface area contributed by atoms with Crippen molar-refractivity contribution in [3.63, 3.8) is 0 Å². The van der Waals surface area contributed by atoms with Crippen LogP contribution in [0.1, 0.15) is 29.2 Å². The predicted molar refractivity (Wildman–Crippen MR) is 102 cm³/mol. The van der Waals surface area contributed by atoms with Crippen LogP contribution in [-0.4, -0.2) is 35.3 Å². The number of sulfone groups is 1. The van der Waals surface area contributed by atoms with E-state index >= 15 is 0 Å². The van der Waals surface area contributed by atoms with Crippen molar-refractivity contribution in [3.8, 4) is 11.5 Å². The van der Waals surface area contributed by atoms with E-state index in [4.69, 9.17) is 9.47 Å².